The van der Waals surface area contributed by atoms with Crippen LogP contribution in [0.15, 0.2) is 29.3 Å². The summed E-state index contributed by atoms with van der Waals surface area (Å²) in [6.07, 6.45) is 8.00. The lowest BCUT2D eigenvalue weighted by atomic mass is 10.2. The van der Waals surface area contributed by atoms with Crippen LogP contribution in [0.4, 0.5) is 11.8 Å². The number of aromatic nitrogens is 5. The third-order valence-corrected chi connectivity index (χ3v) is 5.35. The Balaban J connectivity index is 1.56. The van der Waals surface area contributed by atoms with Crippen molar-refractivity contribution >= 4 is 22.7 Å². The number of unbranched alkanes of at least 4 members (excludes halogenated alkanes) is 1. The summed E-state index contributed by atoms with van der Waals surface area (Å²) in [7, 11) is 0. The first-order valence-electron chi connectivity index (χ1n) is 10.6. The Bertz CT molecular complexity index is 1060. The molecule has 1 aliphatic heterocycles. The fourth-order valence-electron chi connectivity index (χ4n) is 3.72. The van der Waals surface area contributed by atoms with Crippen molar-refractivity contribution in [1.82, 2.24) is 29.6 Å². The number of pyridine rings is 1. The molecule has 158 valence electrons. The minimum absolute atomic E-state index is 0.121. The summed E-state index contributed by atoms with van der Waals surface area (Å²) >= 11 is 0. The number of nitrogens with zero attached hydrogens (tertiary/aromatic N) is 6. The molecule has 0 amide bonds. The molecule has 9 heteroatoms. The maximum Gasteiger partial charge on any atom is 0.280 e. The molecule has 0 unspecified atom stereocenters. The fraction of sp³-hybridized carbons (Fsp3) is 0.476. The van der Waals surface area contributed by atoms with Gasteiger partial charge in [0, 0.05) is 19.3 Å². The highest BCUT2D eigenvalue weighted by atomic mass is 16.1. The molecule has 1 fully saturated rings. The van der Waals surface area contributed by atoms with E-state index in [0.29, 0.717) is 23.3 Å². The Morgan fingerprint density at radius 3 is 2.70 bits per heavy atom. The largest absolute Gasteiger partial charge is 0.369 e. The van der Waals surface area contributed by atoms with Gasteiger partial charge in [-0.25, -0.2) is 9.67 Å². The molecule has 1 saturated heterocycles. The summed E-state index contributed by atoms with van der Waals surface area (Å²) in [6, 6.07) is 4.04. The molecule has 9 nitrogen and oxygen atoms in total. The molecule has 0 bridgehead atoms. The summed E-state index contributed by atoms with van der Waals surface area (Å²) in [5, 5.41) is 7.88. The lowest BCUT2D eigenvalue weighted by Gasteiger charge is -2.14. The molecule has 0 spiro atoms. The molecule has 0 saturated carbocycles. The summed E-state index contributed by atoms with van der Waals surface area (Å²) in [5.41, 5.74) is 7.96. The molecule has 0 aromatic carbocycles. The van der Waals surface area contributed by atoms with Crippen LogP contribution in [0.2, 0.25) is 0 Å². The van der Waals surface area contributed by atoms with Crippen LogP contribution in [0, 0.1) is 0 Å². The van der Waals surface area contributed by atoms with E-state index in [0.717, 1.165) is 38.2 Å². The van der Waals surface area contributed by atoms with E-state index in [1.165, 1.54) is 23.1 Å². The number of rotatable bonds is 8. The van der Waals surface area contributed by atoms with Gasteiger partial charge in [-0.15, -0.1) is 0 Å². The molecule has 4 rings (SSSR count). The fourth-order valence-corrected chi connectivity index (χ4v) is 3.72. The Labute approximate surface area is 175 Å². The molecular weight excluding hydrogens is 380 g/mol. The number of nitrogen functional groups attached to an aromatic ring is 1. The predicted molar refractivity (Wildman–Crippen MR) is 117 cm³/mol. The molecular formula is C21H28N8O. The smallest absolute Gasteiger partial charge is 0.280 e. The molecule has 0 atom stereocenters. The van der Waals surface area contributed by atoms with Gasteiger partial charge in [-0.3, -0.25) is 14.7 Å². The van der Waals surface area contributed by atoms with Gasteiger partial charge in [-0.05, 0) is 44.0 Å². The number of anilines is 2. The number of fused-ring (bicyclic) bond motifs is 1. The minimum atomic E-state index is -0.255. The van der Waals surface area contributed by atoms with Gasteiger partial charge in [0.15, 0.2) is 0 Å². The highest BCUT2D eigenvalue weighted by Crippen LogP contribution is 2.17. The van der Waals surface area contributed by atoms with Crippen molar-refractivity contribution in [3.05, 3.63) is 46.1 Å². The van der Waals surface area contributed by atoms with Gasteiger partial charge >= 0.3 is 0 Å². The molecule has 0 aliphatic carbocycles. The second-order valence-electron chi connectivity index (χ2n) is 7.72. The van der Waals surface area contributed by atoms with E-state index >= 15 is 0 Å². The zero-order valence-corrected chi connectivity index (χ0v) is 17.3. The van der Waals surface area contributed by atoms with E-state index in [2.05, 4.69) is 43.3 Å². The summed E-state index contributed by atoms with van der Waals surface area (Å²) in [5.74, 6) is 0.580. The zero-order chi connectivity index (χ0) is 20.9. The lowest BCUT2D eigenvalue weighted by Crippen LogP contribution is -2.25. The van der Waals surface area contributed by atoms with E-state index in [4.69, 9.17) is 5.73 Å². The van der Waals surface area contributed by atoms with Gasteiger partial charge in [0.2, 0.25) is 5.95 Å². The molecule has 3 N–H and O–H groups in total. The number of nitrogens with two attached hydrogens (primary N) is 1. The first-order chi connectivity index (χ1) is 14.6. The van der Waals surface area contributed by atoms with Gasteiger partial charge in [-0.2, -0.15) is 10.1 Å². The topological polar surface area (TPSA) is 115 Å². The minimum Gasteiger partial charge on any atom is -0.369 e. The summed E-state index contributed by atoms with van der Waals surface area (Å²) in [4.78, 5) is 28.5. The highest BCUT2D eigenvalue weighted by Gasteiger charge is 2.14. The number of likely N-dealkylation sites (tertiary alicyclic amines) is 1. The zero-order valence-electron chi connectivity index (χ0n) is 17.3. The Morgan fingerprint density at radius 2 is 1.97 bits per heavy atom. The van der Waals surface area contributed by atoms with Crippen molar-refractivity contribution in [1.29, 1.82) is 0 Å². The molecule has 3 aromatic heterocycles. The van der Waals surface area contributed by atoms with Crippen molar-refractivity contribution < 1.29 is 0 Å². The van der Waals surface area contributed by atoms with Crippen LogP contribution in [0.25, 0.3) is 10.9 Å². The Hall–Kier alpha value is -3.07. The first-order valence-corrected chi connectivity index (χ1v) is 10.6. The average molecular weight is 409 g/mol. The van der Waals surface area contributed by atoms with Gasteiger partial charge < -0.3 is 11.1 Å². The van der Waals surface area contributed by atoms with Gasteiger partial charge in [0.25, 0.3) is 5.56 Å². The summed E-state index contributed by atoms with van der Waals surface area (Å²) < 4.78 is 1.40. The van der Waals surface area contributed by atoms with Gasteiger partial charge in [0.05, 0.1) is 18.4 Å². The van der Waals surface area contributed by atoms with E-state index in [-0.39, 0.29) is 18.1 Å². The highest BCUT2D eigenvalue weighted by molar-refractivity contribution is 5.88. The Kier molecular flexibility index (Phi) is 6.18. The van der Waals surface area contributed by atoms with Gasteiger partial charge in [-0.1, -0.05) is 19.4 Å². The predicted octanol–water partition coefficient (Wildman–Crippen LogP) is 2.02. The SMILES string of the molecule is CCCCNc1nc(N)nc2cnn(Cc3ccc(CN4CCCC4)cn3)c(=O)c12. The normalized spacial score (nSPS) is 14.4. The number of nitrogens with one attached hydrogen (secondary N) is 1. The van der Waals surface area contributed by atoms with Crippen LogP contribution < -0.4 is 16.6 Å². The standard InChI is InChI=1S/C21H28N8O/c1-2-3-8-23-19-18-17(26-21(22)27-19)12-25-29(20(18)30)14-16-7-6-15(11-24-16)13-28-9-4-5-10-28/h6-7,11-12H,2-5,8-10,13-14H2,1H3,(H3,22,23,26,27). The molecule has 0 radical (unpaired) electrons. The van der Waals surface area contributed by atoms with Crippen molar-refractivity contribution in [3.63, 3.8) is 0 Å². The van der Waals surface area contributed by atoms with Crippen LogP contribution in [-0.4, -0.2) is 49.3 Å². The molecule has 4 heterocycles. The van der Waals surface area contributed by atoms with Crippen LogP contribution in [-0.2, 0) is 13.1 Å². The maximum atomic E-state index is 13.1. The molecule has 30 heavy (non-hydrogen) atoms. The monoisotopic (exact) mass is 408 g/mol. The third kappa shape index (κ3) is 4.56. The van der Waals surface area contributed by atoms with Crippen LogP contribution in [0.1, 0.15) is 43.9 Å². The Morgan fingerprint density at radius 1 is 1.13 bits per heavy atom. The average Bonchev–Trinajstić information content (AvgIpc) is 3.24. The van der Waals surface area contributed by atoms with Crippen molar-refractivity contribution in [2.24, 2.45) is 0 Å². The van der Waals surface area contributed by atoms with Crippen molar-refractivity contribution in [2.45, 2.75) is 45.7 Å². The molecule has 1 aliphatic rings. The van der Waals surface area contributed by atoms with E-state index < -0.39 is 0 Å². The second-order valence-corrected chi connectivity index (χ2v) is 7.72. The van der Waals surface area contributed by atoms with Crippen molar-refractivity contribution in [3.8, 4) is 0 Å². The van der Waals surface area contributed by atoms with E-state index in [1.54, 1.807) is 6.20 Å². The van der Waals surface area contributed by atoms with Crippen LogP contribution in [0.3, 0.4) is 0 Å². The van der Waals surface area contributed by atoms with E-state index in [1.807, 2.05) is 12.3 Å². The van der Waals surface area contributed by atoms with Gasteiger partial charge in [0.1, 0.15) is 16.7 Å². The quantitative estimate of drug-likeness (QED) is 0.544. The maximum absolute atomic E-state index is 13.1. The van der Waals surface area contributed by atoms with Crippen LogP contribution >= 0.6 is 0 Å². The number of hydrogen-bond donors (Lipinski definition) is 2. The summed E-state index contributed by atoms with van der Waals surface area (Å²) in [6.45, 7) is 6.33. The molecule has 3 aromatic rings. The third-order valence-electron chi connectivity index (χ3n) is 5.35. The first kappa shape index (κ1) is 20.2. The van der Waals surface area contributed by atoms with E-state index in [9.17, 15) is 4.79 Å². The lowest BCUT2D eigenvalue weighted by molar-refractivity contribution is 0.331. The number of hydrogen-bond acceptors (Lipinski definition) is 8. The second kappa shape index (κ2) is 9.17. The van der Waals surface area contributed by atoms with Crippen LogP contribution in [0.5, 0.6) is 0 Å². The van der Waals surface area contributed by atoms with Crippen molar-refractivity contribution in [2.75, 3.05) is 30.7 Å².